The van der Waals surface area contributed by atoms with E-state index in [0.717, 1.165) is 24.0 Å². The van der Waals surface area contributed by atoms with Crippen LogP contribution in [0.15, 0.2) is 36.9 Å². The number of Topliss-reactive ketones (excluding diaryl/α,β-unsaturated/α-hetero) is 1. The van der Waals surface area contributed by atoms with Crippen molar-refractivity contribution in [2.45, 2.75) is 124 Å². The maximum atomic E-state index is 14.2. The molecule has 2 heterocycles. The van der Waals surface area contributed by atoms with Crippen LogP contribution in [-0.2, 0) is 36.9 Å². The van der Waals surface area contributed by atoms with Crippen LogP contribution >= 0.6 is 0 Å². The van der Waals surface area contributed by atoms with Gasteiger partial charge in [-0.05, 0) is 41.2 Å². The van der Waals surface area contributed by atoms with Crippen LogP contribution in [-0.4, -0.2) is 89.0 Å². The van der Waals surface area contributed by atoms with Crippen LogP contribution in [0.4, 0.5) is 4.79 Å². The molecule has 1 unspecified atom stereocenters. The fraction of sp³-hybridized carbons (Fsp3) is 0.632. The van der Waals surface area contributed by atoms with E-state index in [-0.39, 0.29) is 12.5 Å². The molecular weight excluding hydrogens is 636 g/mol. The van der Waals surface area contributed by atoms with Gasteiger partial charge in [-0.1, -0.05) is 98.1 Å². The highest BCUT2D eigenvalue weighted by Gasteiger charge is 2.43. The number of nitrogens with one attached hydrogen (secondary N) is 4. The first kappa shape index (κ1) is 40.2. The van der Waals surface area contributed by atoms with Crippen molar-refractivity contribution in [2.24, 2.45) is 10.8 Å². The van der Waals surface area contributed by atoms with Gasteiger partial charge in [0.2, 0.25) is 23.5 Å². The van der Waals surface area contributed by atoms with Crippen molar-refractivity contribution in [3.63, 3.8) is 0 Å². The summed E-state index contributed by atoms with van der Waals surface area (Å²) in [7, 11) is 0. The van der Waals surface area contributed by atoms with Gasteiger partial charge < -0.3 is 31.1 Å². The zero-order valence-corrected chi connectivity index (χ0v) is 31.0. The molecule has 0 radical (unpaired) electrons. The van der Waals surface area contributed by atoms with Crippen LogP contribution in [0.3, 0.4) is 0 Å². The van der Waals surface area contributed by atoms with Crippen LogP contribution in [0.25, 0.3) is 0 Å². The van der Waals surface area contributed by atoms with Crippen LogP contribution in [0.1, 0.15) is 98.1 Å². The predicted molar refractivity (Wildman–Crippen MR) is 193 cm³/mol. The summed E-state index contributed by atoms with van der Waals surface area (Å²) >= 11 is 0. The number of benzene rings is 1. The van der Waals surface area contributed by atoms with Crippen LogP contribution in [0, 0.1) is 10.8 Å². The number of rotatable bonds is 15. The second kappa shape index (κ2) is 17.6. The number of nitrogens with zero attached hydrogens (tertiary/aromatic N) is 2. The Balaban J connectivity index is 1.73. The molecule has 50 heavy (non-hydrogen) atoms. The topological polar surface area (TPSA) is 157 Å². The maximum absolute atomic E-state index is 14.2. The summed E-state index contributed by atoms with van der Waals surface area (Å²) in [6.07, 6.45) is 5.42. The Morgan fingerprint density at radius 3 is 2.26 bits per heavy atom. The first-order valence-electron chi connectivity index (χ1n) is 17.9. The summed E-state index contributed by atoms with van der Waals surface area (Å²) in [5.41, 5.74) is 0.963. The van der Waals surface area contributed by atoms with E-state index >= 15 is 0 Å². The van der Waals surface area contributed by atoms with Gasteiger partial charge in [0.05, 0.1) is 18.5 Å². The minimum atomic E-state index is -1.02. The quantitative estimate of drug-likeness (QED) is 0.125. The third kappa shape index (κ3) is 10.9. The number of fused-ring (bicyclic) bond motifs is 1. The van der Waals surface area contributed by atoms with Crippen molar-refractivity contribution in [1.82, 2.24) is 31.1 Å². The van der Waals surface area contributed by atoms with E-state index in [4.69, 9.17) is 0 Å². The van der Waals surface area contributed by atoms with Gasteiger partial charge in [0, 0.05) is 26.2 Å². The molecule has 1 aromatic carbocycles. The van der Waals surface area contributed by atoms with Crippen molar-refractivity contribution in [2.75, 3.05) is 19.6 Å². The fourth-order valence-corrected chi connectivity index (χ4v) is 6.37. The van der Waals surface area contributed by atoms with Crippen molar-refractivity contribution >= 4 is 35.4 Å². The van der Waals surface area contributed by atoms with Gasteiger partial charge in [-0.3, -0.25) is 24.0 Å². The number of carbonyl (C=O) groups excluding carboxylic acids is 6. The Morgan fingerprint density at radius 2 is 1.64 bits per heavy atom. The fourth-order valence-electron chi connectivity index (χ4n) is 6.37. The molecule has 1 aromatic rings. The second-order valence-corrected chi connectivity index (χ2v) is 15.7. The van der Waals surface area contributed by atoms with Crippen molar-refractivity contribution < 1.29 is 28.8 Å². The van der Waals surface area contributed by atoms with E-state index in [1.807, 2.05) is 72.7 Å². The normalized spacial score (nSPS) is 18.0. The number of ketones is 1. The minimum Gasteiger partial charge on any atom is -0.346 e. The van der Waals surface area contributed by atoms with Gasteiger partial charge in [-0.15, -0.1) is 6.58 Å². The molecule has 0 saturated carbocycles. The minimum absolute atomic E-state index is 0.00653. The molecule has 2 aliphatic heterocycles. The Kier molecular flexibility index (Phi) is 14.2. The van der Waals surface area contributed by atoms with E-state index in [0.29, 0.717) is 51.7 Å². The summed E-state index contributed by atoms with van der Waals surface area (Å²) in [5, 5.41) is 11.2. The molecule has 0 spiro atoms. The second-order valence-electron chi connectivity index (χ2n) is 15.7. The molecule has 1 fully saturated rings. The molecule has 3 rings (SSSR count). The largest absolute Gasteiger partial charge is 0.346 e. The van der Waals surface area contributed by atoms with Gasteiger partial charge >= 0.3 is 6.03 Å². The standard InChI is InChI=1S/C38H58N6O6/c1-9-11-12-18-27(31(46)34(48)39-20-10-2)40-33(47)28-19-15-21-44(28)35(49)32(38(6,7)8)42-36(50)41-29(37(3,4)5)24-43-23-26-17-14-13-16-25(26)22-30(43)45/h10,13-14,16-17,27-29,32H,2,9,11-12,15,18-24H2,1,3-8H3,(H,39,48)(H,40,47)(H2,41,42,50)/t27?,28-,29+,32+/m0/s1. The zero-order chi connectivity index (χ0) is 37.2. The Bertz CT molecular complexity index is 1410. The number of carbonyl (C=O) groups is 6. The van der Waals surface area contributed by atoms with Crippen molar-refractivity contribution in [3.05, 3.63) is 48.0 Å². The molecule has 0 aliphatic carbocycles. The third-order valence-electron chi connectivity index (χ3n) is 9.51. The lowest BCUT2D eigenvalue weighted by atomic mass is 9.85. The molecule has 12 heteroatoms. The lowest BCUT2D eigenvalue weighted by molar-refractivity contribution is -0.143. The van der Waals surface area contributed by atoms with E-state index in [1.54, 1.807) is 4.90 Å². The Morgan fingerprint density at radius 1 is 0.960 bits per heavy atom. The van der Waals surface area contributed by atoms with Gasteiger partial charge in [-0.25, -0.2) is 4.79 Å². The average Bonchev–Trinajstić information content (AvgIpc) is 3.54. The number of likely N-dealkylation sites (tertiary alicyclic amines) is 1. The first-order valence-corrected chi connectivity index (χ1v) is 17.9. The van der Waals surface area contributed by atoms with Crippen LogP contribution < -0.4 is 21.3 Å². The smallest absolute Gasteiger partial charge is 0.315 e. The molecule has 0 bridgehead atoms. The van der Waals surface area contributed by atoms with Crippen molar-refractivity contribution in [1.29, 1.82) is 0 Å². The van der Waals surface area contributed by atoms with Gasteiger partial charge in [0.1, 0.15) is 12.1 Å². The molecule has 12 nitrogen and oxygen atoms in total. The summed E-state index contributed by atoms with van der Waals surface area (Å²) in [5.74, 6) is -2.44. The predicted octanol–water partition coefficient (Wildman–Crippen LogP) is 3.63. The summed E-state index contributed by atoms with van der Waals surface area (Å²) < 4.78 is 0. The number of hydrogen-bond acceptors (Lipinski definition) is 6. The molecule has 4 N–H and O–H groups in total. The lowest BCUT2D eigenvalue weighted by Gasteiger charge is -2.39. The molecule has 276 valence electrons. The van der Waals surface area contributed by atoms with Gasteiger partial charge in [0.25, 0.3) is 5.91 Å². The molecule has 6 amide bonds. The van der Waals surface area contributed by atoms with E-state index in [9.17, 15) is 28.8 Å². The van der Waals surface area contributed by atoms with Gasteiger partial charge in [-0.2, -0.15) is 0 Å². The molecule has 4 atom stereocenters. The lowest BCUT2D eigenvalue weighted by Crippen LogP contribution is -2.62. The highest BCUT2D eigenvalue weighted by atomic mass is 16.2. The van der Waals surface area contributed by atoms with E-state index < -0.39 is 64.5 Å². The van der Waals surface area contributed by atoms with Gasteiger partial charge in [0.15, 0.2) is 0 Å². The summed E-state index contributed by atoms with van der Waals surface area (Å²) in [6, 6.07) is 4.02. The van der Waals surface area contributed by atoms with E-state index in [1.165, 1.54) is 11.0 Å². The zero-order valence-electron chi connectivity index (χ0n) is 31.0. The highest BCUT2D eigenvalue weighted by molar-refractivity contribution is 6.38. The van der Waals surface area contributed by atoms with Crippen molar-refractivity contribution in [3.8, 4) is 0 Å². The molecule has 1 saturated heterocycles. The SMILES string of the molecule is C=CCNC(=O)C(=O)C(CCCCC)NC(=O)[C@@H]1CCCN1C(=O)[C@@H](NC(=O)N[C@H](CN1Cc2ccccc2CC1=O)C(C)(C)C)C(C)(C)C. The monoisotopic (exact) mass is 694 g/mol. The number of hydrogen-bond donors (Lipinski definition) is 4. The third-order valence-corrected chi connectivity index (χ3v) is 9.51. The summed E-state index contributed by atoms with van der Waals surface area (Å²) in [6.45, 7) is 18.3. The molecular formula is C38H58N6O6. The number of amides is 6. The Hall–Kier alpha value is -4.22. The Labute approximate surface area is 297 Å². The summed E-state index contributed by atoms with van der Waals surface area (Å²) in [4.78, 5) is 83.2. The van der Waals surface area contributed by atoms with Crippen LogP contribution in [0.2, 0.25) is 0 Å². The van der Waals surface area contributed by atoms with Crippen LogP contribution in [0.5, 0.6) is 0 Å². The highest BCUT2D eigenvalue weighted by Crippen LogP contribution is 2.28. The molecule has 0 aromatic heterocycles. The maximum Gasteiger partial charge on any atom is 0.315 e. The number of unbranched alkanes of at least 4 members (excludes halogenated alkanes) is 2. The molecule has 2 aliphatic rings. The average molecular weight is 695 g/mol. The number of urea groups is 1. The van der Waals surface area contributed by atoms with E-state index in [2.05, 4.69) is 27.8 Å². The first-order chi connectivity index (χ1) is 23.5.